The predicted molar refractivity (Wildman–Crippen MR) is 64.7 cm³/mol. The van der Waals surface area contributed by atoms with E-state index >= 15 is 0 Å². The van der Waals surface area contributed by atoms with Gasteiger partial charge in [0.25, 0.3) is 0 Å². The second kappa shape index (κ2) is 6.35. The average molecular weight is 225 g/mol. The summed E-state index contributed by atoms with van der Waals surface area (Å²) in [6.45, 7) is 2.54. The number of carbonyl (C=O) groups excluding carboxylic acids is 1. The molecule has 0 heterocycles. The molecule has 1 rings (SSSR count). The van der Waals surface area contributed by atoms with Crippen LogP contribution in [0.2, 0.25) is 0 Å². The number of rotatable bonds is 5. The zero-order valence-corrected chi connectivity index (χ0v) is 9.59. The highest BCUT2D eigenvalue weighted by atomic mass is 32.1. The lowest BCUT2D eigenvalue weighted by Gasteiger charge is -2.07. The standard InChI is InChI=1S/C11H15NO2S/c1-2-14-10-5-3-4-9(8-10)12-11(13)6-7-15/h3-5,8,15H,2,6-7H2,1H3,(H,12,13). The summed E-state index contributed by atoms with van der Waals surface area (Å²) in [5.41, 5.74) is 0.757. The second-order valence-electron chi connectivity index (χ2n) is 2.98. The fourth-order valence-corrected chi connectivity index (χ4v) is 1.36. The number of nitrogens with one attached hydrogen (secondary N) is 1. The van der Waals surface area contributed by atoms with E-state index in [1.807, 2.05) is 25.1 Å². The van der Waals surface area contributed by atoms with Crippen molar-refractivity contribution < 1.29 is 9.53 Å². The molecule has 0 radical (unpaired) electrons. The zero-order valence-electron chi connectivity index (χ0n) is 8.69. The highest BCUT2D eigenvalue weighted by Crippen LogP contribution is 2.17. The first kappa shape index (κ1) is 11.9. The van der Waals surface area contributed by atoms with E-state index in [1.54, 1.807) is 6.07 Å². The maximum absolute atomic E-state index is 11.3. The number of benzene rings is 1. The molecule has 0 unspecified atom stereocenters. The Hall–Kier alpha value is -1.16. The molecule has 1 aromatic carbocycles. The Morgan fingerprint density at radius 3 is 3.00 bits per heavy atom. The van der Waals surface area contributed by atoms with Gasteiger partial charge in [-0.1, -0.05) is 6.07 Å². The van der Waals surface area contributed by atoms with Crippen LogP contribution in [0.25, 0.3) is 0 Å². The van der Waals surface area contributed by atoms with Gasteiger partial charge in [0.1, 0.15) is 5.75 Å². The van der Waals surface area contributed by atoms with Gasteiger partial charge >= 0.3 is 0 Å². The minimum absolute atomic E-state index is 0.0290. The summed E-state index contributed by atoms with van der Waals surface area (Å²) < 4.78 is 5.32. The van der Waals surface area contributed by atoms with E-state index in [0.717, 1.165) is 11.4 Å². The lowest BCUT2D eigenvalue weighted by Crippen LogP contribution is -2.11. The Bertz CT molecular complexity index is 328. The molecule has 0 aliphatic carbocycles. The molecule has 1 N–H and O–H groups in total. The van der Waals surface area contributed by atoms with Crippen molar-refractivity contribution in [3.05, 3.63) is 24.3 Å². The molecule has 4 heteroatoms. The van der Waals surface area contributed by atoms with Crippen LogP contribution >= 0.6 is 12.6 Å². The summed E-state index contributed by atoms with van der Waals surface area (Å²) >= 11 is 3.99. The molecule has 1 aromatic rings. The Balaban J connectivity index is 2.60. The Morgan fingerprint density at radius 1 is 1.53 bits per heavy atom. The summed E-state index contributed by atoms with van der Waals surface area (Å²) in [5, 5.41) is 2.77. The zero-order chi connectivity index (χ0) is 11.1. The van der Waals surface area contributed by atoms with Gasteiger partial charge in [-0.15, -0.1) is 0 Å². The number of thiol groups is 1. The van der Waals surface area contributed by atoms with Gasteiger partial charge in [-0.05, 0) is 24.8 Å². The van der Waals surface area contributed by atoms with Crippen molar-refractivity contribution in [2.45, 2.75) is 13.3 Å². The number of carbonyl (C=O) groups is 1. The number of hydrogen-bond donors (Lipinski definition) is 2. The van der Waals surface area contributed by atoms with E-state index < -0.39 is 0 Å². The lowest BCUT2D eigenvalue weighted by atomic mass is 10.3. The number of anilines is 1. The van der Waals surface area contributed by atoms with Crippen molar-refractivity contribution >= 4 is 24.2 Å². The number of hydrogen-bond acceptors (Lipinski definition) is 3. The van der Waals surface area contributed by atoms with Crippen molar-refractivity contribution in [2.24, 2.45) is 0 Å². The van der Waals surface area contributed by atoms with Crippen molar-refractivity contribution in [1.82, 2.24) is 0 Å². The topological polar surface area (TPSA) is 38.3 Å². The smallest absolute Gasteiger partial charge is 0.225 e. The van der Waals surface area contributed by atoms with Crippen LogP contribution in [0.1, 0.15) is 13.3 Å². The normalized spacial score (nSPS) is 9.73. The summed E-state index contributed by atoms with van der Waals surface area (Å²) in [7, 11) is 0. The first-order valence-corrected chi connectivity index (χ1v) is 5.53. The van der Waals surface area contributed by atoms with E-state index in [9.17, 15) is 4.79 Å². The van der Waals surface area contributed by atoms with Gasteiger partial charge < -0.3 is 10.1 Å². The fraction of sp³-hybridized carbons (Fsp3) is 0.364. The Kier molecular flexibility index (Phi) is 5.04. The van der Waals surface area contributed by atoms with E-state index in [0.29, 0.717) is 18.8 Å². The molecule has 15 heavy (non-hydrogen) atoms. The van der Waals surface area contributed by atoms with Gasteiger partial charge in [0, 0.05) is 18.2 Å². The highest BCUT2D eigenvalue weighted by Gasteiger charge is 2.01. The first-order chi connectivity index (χ1) is 7.26. The Labute approximate surface area is 95.2 Å². The lowest BCUT2D eigenvalue weighted by molar-refractivity contribution is -0.115. The number of ether oxygens (including phenoxy) is 1. The SMILES string of the molecule is CCOc1cccc(NC(=O)CCS)c1. The van der Waals surface area contributed by atoms with Crippen LogP contribution in [0.5, 0.6) is 5.75 Å². The molecule has 0 spiro atoms. The molecule has 0 aromatic heterocycles. The quantitative estimate of drug-likeness (QED) is 0.755. The van der Waals surface area contributed by atoms with Crippen LogP contribution in [0.4, 0.5) is 5.69 Å². The van der Waals surface area contributed by atoms with Crippen LogP contribution < -0.4 is 10.1 Å². The third-order valence-corrected chi connectivity index (χ3v) is 1.99. The van der Waals surface area contributed by atoms with Crippen LogP contribution in [-0.4, -0.2) is 18.3 Å². The third kappa shape index (κ3) is 4.25. The Morgan fingerprint density at radius 2 is 2.33 bits per heavy atom. The molecule has 3 nitrogen and oxygen atoms in total. The molecular weight excluding hydrogens is 210 g/mol. The van der Waals surface area contributed by atoms with Crippen molar-refractivity contribution in [2.75, 3.05) is 17.7 Å². The summed E-state index contributed by atoms with van der Waals surface area (Å²) in [6, 6.07) is 7.35. The van der Waals surface area contributed by atoms with Gasteiger partial charge in [0.05, 0.1) is 6.61 Å². The van der Waals surface area contributed by atoms with E-state index in [2.05, 4.69) is 17.9 Å². The van der Waals surface area contributed by atoms with Gasteiger partial charge in [0.2, 0.25) is 5.91 Å². The van der Waals surface area contributed by atoms with E-state index in [1.165, 1.54) is 0 Å². The molecule has 1 amide bonds. The molecular formula is C11H15NO2S. The van der Waals surface area contributed by atoms with Crippen molar-refractivity contribution in [3.63, 3.8) is 0 Å². The van der Waals surface area contributed by atoms with Crippen LogP contribution in [0.3, 0.4) is 0 Å². The molecule has 0 aliphatic heterocycles. The molecule has 0 saturated heterocycles. The molecule has 0 saturated carbocycles. The first-order valence-electron chi connectivity index (χ1n) is 4.90. The molecule has 0 fully saturated rings. The van der Waals surface area contributed by atoms with E-state index in [-0.39, 0.29) is 5.91 Å². The second-order valence-corrected chi connectivity index (χ2v) is 3.43. The van der Waals surface area contributed by atoms with Crippen molar-refractivity contribution in [1.29, 1.82) is 0 Å². The monoisotopic (exact) mass is 225 g/mol. The predicted octanol–water partition coefficient (Wildman–Crippen LogP) is 2.34. The maximum Gasteiger partial charge on any atom is 0.225 e. The van der Waals surface area contributed by atoms with Crippen LogP contribution in [0, 0.1) is 0 Å². The minimum Gasteiger partial charge on any atom is -0.494 e. The third-order valence-electron chi connectivity index (χ3n) is 1.77. The van der Waals surface area contributed by atoms with Crippen molar-refractivity contribution in [3.8, 4) is 5.75 Å². The van der Waals surface area contributed by atoms with Crippen LogP contribution in [0.15, 0.2) is 24.3 Å². The number of amides is 1. The molecule has 82 valence electrons. The van der Waals surface area contributed by atoms with Crippen LogP contribution in [-0.2, 0) is 4.79 Å². The largest absolute Gasteiger partial charge is 0.494 e. The fourth-order valence-electron chi connectivity index (χ4n) is 1.16. The molecule has 0 atom stereocenters. The van der Waals surface area contributed by atoms with Gasteiger partial charge in [-0.2, -0.15) is 12.6 Å². The average Bonchev–Trinajstić information content (AvgIpc) is 2.19. The summed E-state index contributed by atoms with van der Waals surface area (Å²) in [5.74, 6) is 1.29. The molecule has 0 bridgehead atoms. The van der Waals surface area contributed by atoms with Gasteiger partial charge in [0.15, 0.2) is 0 Å². The molecule has 0 aliphatic rings. The summed E-state index contributed by atoms with van der Waals surface area (Å²) in [6.07, 6.45) is 0.419. The maximum atomic E-state index is 11.3. The summed E-state index contributed by atoms with van der Waals surface area (Å²) in [4.78, 5) is 11.3. The van der Waals surface area contributed by atoms with E-state index in [4.69, 9.17) is 4.74 Å². The highest BCUT2D eigenvalue weighted by molar-refractivity contribution is 7.80. The van der Waals surface area contributed by atoms with Gasteiger partial charge in [-0.3, -0.25) is 4.79 Å². The van der Waals surface area contributed by atoms with Gasteiger partial charge in [-0.25, -0.2) is 0 Å². The minimum atomic E-state index is -0.0290.